The van der Waals surface area contributed by atoms with Gasteiger partial charge < -0.3 is 16.2 Å². The number of aromatic hydroxyl groups is 1. The molecular weight excluding hydrogens is 238 g/mol. The summed E-state index contributed by atoms with van der Waals surface area (Å²) in [5, 5.41) is 15.1. The van der Waals surface area contributed by atoms with Gasteiger partial charge in [-0.05, 0) is 30.0 Å². The number of hydrogen-bond acceptors (Lipinski definition) is 4. The van der Waals surface area contributed by atoms with Crippen LogP contribution < -0.4 is 11.1 Å². The van der Waals surface area contributed by atoms with Crippen LogP contribution in [0.4, 0.5) is 5.82 Å². The number of anilines is 1. The molecule has 1 aromatic carbocycles. The Morgan fingerprint density at radius 1 is 1.37 bits per heavy atom. The highest BCUT2D eigenvalue weighted by molar-refractivity contribution is 5.92. The molecule has 1 aliphatic rings. The fraction of sp³-hybridized carbons (Fsp3) is 0.400. The first-order valence-electron chi connectivity index (χ1n) is 6.58. The number of aromatic nitrogens is 1. The Kier molecular flexibility index (Phi) is 2.64. The molecule has 4 nitrogen and oxygen atoms in total. The second kappa shape index (κ2) is 4.10. The molecule has 1 saturated carbocycles. The molecule has 2 unspecified atom stereocenters. The monoisotopic (exact) mass is 257 g/mol. The molecule has 4 heteroatoms. The van der Waals surface area contributed by atoms with E-state index in [0.29, 0.717) is 6.04 Å². The van der Waals surface area contributed by atoms with E-state index in [0.717, 1.165) is 23.0 Å². The van der Waals surface area contributed by atoms with Gasteiger partial charge >= 0.3 is 0 Å². The van der Waals surface area contributed by atoms with E-state index in [-0.39, 0.29) is 17.2 Å². The van der Waals surface area contributed by atoms with Crippen LogP contribution in [0.3, 0.4) is 0 Å². The summed E-state index contributed by atoms with van der Waals surface area (Å²) in [7, 11) is 0. The molecule has 1 fully saturated rings. The molecule has 2 atom stereocenters. The van der Waals surface area contributed by atoms with Crippen LogP contribution in [0.2, 0.25) is 0 Å². The predicted octanol–water partition coefficient (Wildman–Crippen LogP) is 2.48. The summed E-state index contributed by atoms with van der Waals surface area (Å²) in [4.78, 5) is 4.40. The third-order valence-electron chi connectivity index (χ3n) is 4.40. The van der Waals surface area contributed by atoms with Gasteiger partial charge in [-0.3, -0.25) is 0 Å². The molecule has 0 aliphatic heterocycles. The molecule has 3 rings (SSSR count). The van der Waals surface area contributed by atoms with E-state index in [1.165, 1.54) is 0 Å². The van der Waals surface area contributed by atoms with Gasteiger partial charge in [0.15, 0.2) is 0 Å². The summed E-state index contributed by atoms with van der Waals surface area (Å²) in [6.07, 6.45) is 2.73. The molecule has 19 heavy (non-hydrogen) atoms. The van der Waals surface area contributed by atoms with Crippen LogP contribution >= 0.6 is 0 Å². The third kappa shape index (κ3) is 1.92. The number of rotatable bonds is 2. The Bertz CT molecular complexity index is 624. The normalized spacial score (nSPS) is 25.0. The van der Waals surface area contributed by atoms with Crippen LogP contribution in [0.5, 0.6) is 5.75 Å². The number of phenolic OH excluding ortho intramolecular Hbond substituents is 1. The van der Waals surface area contributed by atoms with E-state index in [2.05, 4.69) is 24.1 Å². The van der Waals surface area contributed by atoms with Gasteiger partial charge in [0, 0.05) is 29.1 Å². The molecule has 2 aromatic rings. The van der Waals surface area contributed by atoms with E-state index in [4.69, 9.17) is 5.73 Å². The number of benzene rings is 1. The SMILES string of the molecule is CC1(C)C(N)CC1Nc1nccc2ccc(O)cc12. The topological polar surface area (TPSA) is 71.2 Å². The summed E-state index contributed by atoms with van der Waals surface area (Å²) in [5.74, 6) is 1.08. The average Bonchev–Trinajstić information content (AvgIpc) is 2.39. The number of fused-ring (bicyclic) bond motifs is 1. The predicted molar refractivity (Wildman–Crippen MR) is 77.2 cm³/mol. The summed E-state index contributed by atoms with van der Waals surface area (Å²) < 4.78 is 0. The highest BCUT2D eigenvalue weighted by atomic mass is 16.3. The van der Waals surface area contributed by atoms with Gasteiger partial charge in [-0.15, -0.1) is 0 Å². The van der Waals surface area contributed by atoms with E-state index in [1.807, 2.05) is 12.1 Å². The molecule has 0 bridgehead atoms. The molecule has 1 aliphatic carbocycles. The Morgan fingerprint density at radius 3 is 2.84 bits per heavy atom. The summed E-state index contributed by atoms with van der Waals surface area (Å²) >= 11 is 0. The largest absolute Gasteiger partial charge is 0.508 e. The van der Waals surface area contributed by atoms with Crippen molar-refractivity contribution in [3.8, 4) is 5.75 Å². The zero-order chi connectivity index (χ0) is 13.6. The molecule has 1 heterocycles. The first-order chi connectivity index (χ1) is 8.98. The third-order valence-corrected chi connectivity index (χ3v) is 4.40. The molecule has 0 saturated heterocycles. The number of nitrogens with one attached hydrogen (secondary N) is 1. The zero-order valence-electron chi connectivity index (χ0n) is 11.2. The maximum Gasteiger partial charge on any atom is 0.134 e. The summed E-state index contributed by atoms with van der Waals surface area (Å²) in [6, 6.07) is 7.83. The van der Waals surface area contributed by atoms with Crippen LogP contribution in [0.1, 0.15) is 20.3 Å². The number of nitrogens with zero attached hydrogens (tertiary/aromatic N) is 1. The quantitative estimate of drug-likeness (QED) is 0.773. The maximum absolute atomic E-state index is 9.63. The lowest BCUT2D eigenvalue weighted by molar-refractivity contribution is 0.117. The fourth-order valence-corrected chi connectivity index (χ4v) is 2.64. The van der Waals surface area contributed by atoms with Gasteiger partial charge in [-0.25, -0.2) is 4.98 Å². The van der Waals surface area contributed by atoms with Crippen molar-refractivity contribution in [2.45, 2.75) is 32.4 Å². The zero-order valence-corrected chi connectivity index (χ0v) is 11.2. The van der Waals surface area contributed by atoms with Crippen LogP contribution in [0.25, 0.3) is 10.8 Å². The molecule has 0 amide bonds. The van der Waals surface area contributed by atoms with Crippen LogP contribution in [-0.4, -0.2) is 22.2 Å². The second-order valence-corrected chi connectivity index (χ2v) is 5.93. The molecule has 4 N–H and O–H groups in total. The lowest BCUT2D eigenvalue weighted by atomic mass is 9.63. The van der Waals surface area contributed by atoms with E-state index in [9.17, 15) is 5.11 Å². The molecule has 0 spiro atoms. The number of nitrogens with two attached hydrogens (primary N) is 1. The van der Waals surface area contributed by atoms with Crippen LogP contribution in [0, 0.1) is 5.41 Å². The summed E-state index contributed by atoms with van der Waals surface area (Å²) in [5.41, 5.74) is 6.11. The highest BCUT2D eigenvalue weighted by Gasteiger charge is 2.46. The number of hydrogen-bond donors (Lipinski definition) is 3. The molecule has 0 radical (unpaired) electrons. The number of pyridine rings is 1. The van der Waals surface area contributed by atoms with Crippen molar-refractivity contribution in [1.82, 2.24) is 4.98 Å². The summed E-state index contributed by atoms with van der Waals surface area (Å²) in [6.45, 7) is 4.34. The first-order valence-corrected chi connectivity index (χ1v) is 6.58. The Hall–Kier alpha value is -1.81. The lowest BCUT2D eigenvalue weighted by Gasteiger charge is -2.50. The fourth-order valence-electron chi connectivity index (χ4n) is 2.64. The van der Waals surface area contributed by atoms with Gasteiger partial charge in [0.25, 0.3) is 0 Å². The smallest absolute Gasteiger partial charge is 0.134 e. The maximum atomic E-state index is 9.63. The molecular formula is C15H19N3O. The first kappa shape index (κ1) is 12.2. The van der Waals surface area contributed by atoms with Crippen molar-refractivity contribution >= 4 is 16.6 Å². The van der Waals surface area contributed by atoms with Crippen molar-refractivity contribution in [3.63, 3.8) is 0 Å². The Morgan fingerprint density at radius 2 is 2.16 bits per heavy atom. The highest BCUT2D eigenvalue weighted by Crippen LogP contribution is 2.41. The standard InChI is InChI=1S/C15H19N3O/c1-15(2)12(16)8-13(15)18-14-11-7-10(19)4-3-9(11)5-6-17-14/h3-7,12-13,19H,8,16H2,1-2H3,(H,17,18). The van der Waals surface area contributed by atoms with E-state index < -0.39 is 0 Å². The minimum absolute atomic E-state index is 0.0701. The van der Waals surface area contributed by atoms with Crippen molar-refractivity contribution in [2.24, 2.45) is 11.1 Å². The van der Waals surface area contributed by atoms with Gasteiger partial charge in [0.2, 0.25) is 0 Å². The average molecular weight is 257 g/mol. The van der Waals surface area contributed by atoms with Gasteiger partial charge in [-0.1, -0.05) is 19.9 Å². The van der Waals surface area contributed by atoms with Crippen LogP contribution in [0.15, 0.2) is 30.5 Å². The molecule has 1 aromatic heterocycles. The minimum Gasteiger partial charge on any atom is -0.508 e. The molecule has 100 valence electrons. The van der Waals surface area contributed by atoms with Crippen LogP contribution in [-0.2, 0) is 0 Å². The van der Waals surface area contributed by atoms with Crippen molar-refractivity contribution in [3.05, 3.63) is 30.5 Å². The minimum atomic E-state index is 0.0701. The van der Waals surface area contributed by atoms with Crippen molar-refractivity contribution < 1.29 is 5.11 Å². The van der Waals surface area contributed by atoms with Gasteiger partial charge in [-0.2, -0.15) is 0 Å². The van der Waals surface area contributed by atoms with Crippen molar-refractivity contribution in [2.75, 3.05) is 5.32 Å². The Balaban J connectivity index is 1.95. The number of phenols is 1. The van der Waals surface area contributed by atoms with E-state index >= 15 is 0 Å². The lowest BCUT2D eigenvalue weighted by Crippen LogP contribution is -2.61. The Labute approximate surface area is 112 Å². The van der Waals surface area contributed by atoms with Gasteiger partial charge in [0.05, 0.1) is 0 Å². The van der Waals surface area contributed by atoms with Crippen molar-refractivity contribution in [1.29, 1.82) is 0 Å². The van der Waals surface area contributed by atoms with E-state index in [1.54, 1.807) is 18.3 Å². The van der Waals surface area contributed by atoms with Gasteiger partial charge in [0.1, 0.15) is 11.6 Å². The second-order valence-electron chi connectivity index (χ2n) is 5.93.